The van der Waals surface area contributed by atoms with Crippen LogP contribution in [-0.2, 0) is 24.2 Å². The Morgan fingerprint density at radius 3 is 2.82 bits per heavy atom. The minimum atomic E-state index is -0.529. The van der Waals surface area contributed by atoms with Crippen molar-refractivity contribution < 1.29 is 9.59 Å². The number of rotatable bonds is 6. The molecule has 3 amide bonds. The van der Waals surface area contributed by atoms with Gasteiger partial charge in [-0.05, 0) is 45.1 Å². The van der Waals surface area contributed by atoms with E-state index in [2.05, 4.69) is 22.2 Å². The Kier molecular flexibility index (Phi) is 6.56. The quantitative estimate of drug-likeness (QED) is 0.426. The molecule has 0 spiro atoms. The molecule has 150 valence electrons. The van der Waals surface area contributed by atoms with Crippen molar-refractivity contribution in [1.29, 1.82) is 0 Å². The third-order valence-corrected chi connectivity index (χ3v) is 6.52. The van der Waals surface area contributed by atoms with E-state index in [-0.39, 0.29) is 17.4 Å². The highest BCUT2D eigenvalue weighted by Gasteiger charge is 2.22. The number of carbonyl (C=O) groups is 2. The number of hydrogen-bond donors (Lipinski definition) is 2. The summed E-state index contributed by atoms with van der Waals surface area (Å²) in [6, 6.07) is -0.592. The van der Waals surface area contributed by atoms with Crippen LogP contribution in [0.15, 0.2) is 22.6 Å². The maximum absolute atomic E-state index is 13.1. The molecule has 0 saturated carbocycles. The normalized spacial score (nSPS) is 13.4. The van der Waals surface area contributed by atoms with Gasteiger partial charge in [-0.25, -0.2) is 9.78 Å². The number of allylic oxidation sites excluding steroid dienone is 1. The van der Waals surface area contributed by atoms with Crippen LogP contribution in [-0.4, -0.2) is 33.3 Å². The third-order valence-electron chi connectivity index (χ3n) is 4.36. The lowest BCUT2D eigenvalue weighted by Crippen LogP contribution is -2.43. The summed E-state index contributed by atoms with van der Waals surface area (Å²) in [6.07, 6.45) is 5.79. The summed E-state index contributed by atoms with van der Waals surface area (Å²) in [6.45, 7) is 7.68. The predicted octanol–water partition coefficient (Wildman–Crippen LogP) is 2.85. The number of hydrogen-bond acceptors (Lipinski definition) is 6. The molecule has 0 saturated heterocycles. The fourth-order valence-corrected chi connectivity index (χ4v) is 5.32. The number of aromatic nitrogens is 2. The summed E-state index contributed by atoms with van der Waals surface area (Å²) < 4.78 is 1.56. The van der Waals surface area contributed by atoms with Gasteiger partial charge in [-0.3, -0.25) is 19.5 Å². The number of imide groups is 1. The van der Waals surface area contributed by atoms with E-state index in [0.717, 1.165) is 47.8 Å². The van der Waals surface area contributed by atoms with Crippen molar-refractivity contribution in [3.05, 3.63) is 33.4 Å². The number of urea groups is 1. The minimum Gasteiger partial charge on any atom is -0.336 e. The number of nitrogens with one attached hydrogen (secondary N) is 2. The first-order chi connectivity index (χ1) is 13.4. The molecule has 2 N–H and O–H groups in total. The monoisotopic (exact) mass is 420 g/mol. The SMILES string of the molecule is C=CCn1c(SCC(=O)NC(=O)NC(C)C)nc2sc3c(c2c1=O)CCCC3. The first-order valence-electron chi connectivity index (χ1n) is 9.29. The number of fused-ring (bicyclic) bond motifs is 3. The van der Waals surface area contributed by atoms with Crippen LogP contribution < -0.4 is 16.2 Å². The Morgan fingerprint density at radius 1 is 1.36 bits per heavy atom. The molecule has 0 radical (unpaired) electrons. The topological polar surface area (TPSA) is 93.1 Å². The molecule has 2 aromatic heterocycles. The van der Waals surface area contributed by atoms with Crippen LogP contribution in [0.25, 0.3) is 10.2 Å². The maximum atomic E-state index is 13.1. The highest BCUT2D eigenvalue weighted by Crippen LogP contribution is 2.34. The maximum Gasteiger partial charge on any atom is 0.321 e. The molecule has 28 heavy (non-hydrogen) atoms. The van der Waals surface area contributed by atoms with E-state index >= 15 is 0 Å². The predicted molar refractivity (Wildman–Crippen MR) is 113 cm³/mol. The van der Waals surface area contributed by atoms with Gasteiger partial charge in [0.05, 0.1) is 11.1 Å². The first-order valence-corrected chi connectivity index (χ1v) is 11.1. The molecule has 1 aliphatic rings. The van der Waals surface area contributed by atoms with Crippen LogP contribution in [0.5, 0.6) is 0 Å². The van der Waals surface area contributed by atoms with Gasteiger partial charge >= 0.3 is 6.03 Å². The standard InChI is InChI=1S/C19H24N4O3S2/c1-4-9-23-17(25)15-12-7-5-6-8-13(12)28-16(15)22-19(23)27-10-14(24)21-18(26)20-11(2)3/h4,11H,1,5-10H2,2-3H3,(H2,20,21,24,26). The number of carbonyl (C=O) groups excluding carboxylic acids is 2. The van der Waals surface area contributed by atoms with E-state index < -0.39 is 11.9 Å². The number of thiophene rings is 1. The molecule has 0 atom stereocenters. The van der Waals surface area contributed by atoms with Gasteiger partial charge in [-0.2, -0.15) is 0 Å². The minimum absolute atomic E-state index is 0.00824. The van der Waals surface area contributed by atoms with Crippen LogP contribution in [0.3, 0.4) is 0 Å². The van der Waals surface area contributed by atoms with Crippen LogP contribution in [0.2, 0.25) is 0 Å². The Morgan fingerprint density at radius 2 is 2.11 bits per heavy atom. The van der Waals surface area contributed by atoms with Gasteiger partial charge in [-0.1, -0.05) is 17.8 Å². The fourth-order valence-electron chi connectivity index (χ4n) is 3.21. The van der Waals surface area contributed by atoms with Crippen LogP contribution in [0.4, 0.5) is 4.79 Å². The smallest absolute Gasteiger partial charge is 0.321 e. The van der Waals surface area contributed by atoms with Crippen LogP contribution >= 0.6 is 23.1 Å². The lowest BCUT2D eigenvalue weighted by atomic mass is 9.97. The van der Waals surface area contributed by atoms with Gasteiger partial charge < -0.3 is 5.32 Å². The van der Waals surface area contributed by atoms with Gasteiger partial charge in [-0.15, -0.1) is 17.9 Å². The van der Waals surface area contributed by atoms with E-state index in [1.54, 1.807) is 22.0 Å². The van der Waals surface area contributed by atoms with Crippen LogP contribution in [0.1, 0.15) is 37.1 Å². The van der Waals surface area contributed by atoms with Crippen molar-refractivity contribution in [2.24, 2.45) is 0 Å². The van der Waals surface area contributed by atoms with Crippen molar-refractivity contribution in [2.75, 3.05) is 5.75 Å². The highest BCUT2D eigenvalue weighted by atomic mass is 32.2. The van der Waals surface area contributed by atoms with Crippen molar-refractivity contribution >= 4 is 45.3 Å². The second-order valence-corrected chi connectivity index (χ2v) is 8.98. The number of amides is 3. The van der Waals surface area contributed by atoms with Gasteiger partial charge in [0.25, 0.3) is 5.56 Å². The Hall–Kier alpha value is -2.13. The fraction of sp³-hybridized carbons (Fsp3) is 0.474. The van der Waals surface area contributed by atoms with E-state index in [0.29, 0.717) is 17.1 Å². The number of aryl methyl sites for hydroxylation is 2. The van der Waals surface area contributed by atoms with Crippen molar-refractivity contribution in [3.8, 4) is 0 Å². The Balaban J connectivity index is 1.85. The summed E-state index contributed by atoms with van der Waals surface area (Å²) in [5.41, 5.74) is 1.06. The lowest BCUT2D eigenvalue weighted by molar-refractivity contribution is -0.117. The average Bonchev–Trinajstić information content (AvgIpc) is 3.00. The molecule has 2 aromatic rings. The van der Waals surface area contributed by atoms with Crippen molar-refractivity contribution in [2.45, 2.75) is 57.3 Å². The van der Waals surface area contributed by atoms with E-state index in [1.807, 2.05) is 13.8 Å². The zero-order valence-electron chi connectivity index (χ0n) is 16.0. The van der Waals surface area contributed by atoms with E-state index in [4.69, 9.17) is 0 Å². The van der Waals surface area contributed by atoms with Crippen molar-refractivity contribution in [3.63, 3.8) is 0 Å². The molecule has 0 bridgehead atoms. The summed E-state index contributed by atoms with van der Waals surface area (Å²) in [4.78, 5) is 43.5. The molecular weight excluding hydrogens is 396 g/mol. The summed E-state index contributed by atoms with van der Waals surface area (Å²) in [5.74, 6) is -0.445. The Labute approximate surface area is 171 Å². The third kappa shape index (κ3) is 4.47. The molecule has 0 aliphatic heterocycles. The summed E-state index contributed by atoms with van der Waals surface area (Å²) in [7, 11) is 0. The summed E-state index contributed by atoms with van der Waals surface area (Å²) >= 11 is 2.73. The van der Waals surface area contributed by atoms with Crippen LogP contribution in [0, 0.1) is 0 Å². The number of thioether (sulfide) groups is 1. The average molecular weight is 421 g/mol. The molecule has 0 unspecified atom stereocenters. The lowest BCUT2D eigenvalue weighted by Gasteiger charge is -2.12. The van der Waals surface area contributed by atoms with Gasteiger partial charge in [0, 0.05) is 17.5 Å². The summed E-state index contributed by atoms with van der Waals surface area (Å²) in [5, 5.41) is 6.07. The Bertz CT molecular complexity index is 978. The van der Waals surface area contributed by atoms with E-state index in [1.165, 1.54) is 4.88 Å². The zero-order valence-corrected chi connectivity index (χ0v) is 17.7. The zero-order chi connectivity index (χ0) is 20.3. The molecule has 9 heteroatoms. The molecule has 1 aliphatic carbocycles. The van der Waals surface area contributed by atoms with Gasteiger partial charge in [0.15, 0.2) is 5.16 Å². The molecule has 7 nitrogen and oxygen atoms in total. The second kappa shape index (κ2) is 8.91. The van der Waals surface area contributed by atoms with Crippen molar-refractivity contribution in [1.82, 2.24) is 20.2 Å². The highest BCUT2D eigenvalue weighted by molar-refractivity contribution is 7.99. The largest absolute Gasteiger partial charge is 0.336 e. The number of nitrogens with zero attached hydrogens (tertiary/aromatic N) is 2. The molecule has 2 heterocycles. The molecule has 0 aromatic carbocycles. The molecule has 0 fully saturated rings. The molecule has 3 rings (SSSR count). The molecular formula is C19H24N4O3S2. The van der Waals surface area contributed by atoms with E-state index in [9.17, 15) is 14.4 Å². The van der Waals surface area contributed by atoms with Gasteiger partial charge in [0.2, 0.25) is 5.91 Å². The first kappa shape index (κ1) is 20.6. The van der Waals surface area contributed by atoms with Gasteiger partial charge in [0.1, 0.15) is 4.83 Å². The second-order valence-electron chi connectivity index (χ2n) is 6.95.